The lowest BCUT2D eigenvalue weighted by Crippen LogP contribution is -1.96. The van der Waals surface area contributed by atoms with E-state index in [0.29, 0.717) is 0 Å². The highest BCUT2D eigenvalue weighted by Gasteiger charge is 2.17. The number of pyridine rings is 1. The molecular formula is C57H37N3. The molecule has 0 radical (unpaired) electrons. The lowest BCUT2D eigenvalue weighted by molar-refractivity contribution is 1.16. The summed E-state index contributed by atoms with van der Waals surface area (Å²) in [6.45, 7) is 0. The number of nitrogens with zero attached hydrogens (tertiary/aromatic N) is 3. The van der Waals surface area contributed by atoms with Gasteiger partial charge in [0.1, 0.15) is 0 Å². The van der Waals surface area contributed by atoms with Crippen LogP contribution in [-0.2, 0) is 0 Å². The van der Waals surface area contributed by atoms with E-state index < -0.39 is 0 Å². The van der Waals surface area contributed by atoms with E-state index in [1.54, 1.807) is 0 Å². The Morgan fingerprint density at radius 2 is 0.750 bits per heavy atom. The van der Waals surface area contributed by atoms with Crippen LogP contribution in [0.2, 0.25) is 0 Å². The van der Waals surface area contributed by atoms with Gasteiger partial charge in [-0.25, -0.2) is 0 Å². The molecule has 0 unspecified atom stereocenters. The maximum absolute atomic E-state index is 4.94. The smallest absolute Gasteiger partial charge is 0.0723 e. The molecule has 9 aromatic carbocycles. The zero-order valence-corrected chi connectivity index (χ0v) is 32.7. The van der Waals surface area contributed by atoms with E-state index in [-0.39, 0.29) is 0 Å². The average molecular weight is 764 g/mol. The van der Waals surface area contributed by atoms with Gasteiger partial charge >= 0.3 is 0 Å². The van der Waals surface area contributed by atoms with Gasteiger partial charge < -0.3 is 9.13 Å². The van der Waals surface area contributed by atoms with Crippen molar-refractivity contribution in [3.63, 3.8) is 0 Å². The minimum Gasteiger partial charge on any atom is -0.309 e. The van der Waals surface area contributed by atoms with E-state index in [9.17, 15) is 0 Å². The Morgan fingerprint density at radius 1 is 0.267 bits per heavy atom. The number of rotatable bonds is 6. The fourth-order valence-electron chi connectivity index (χ4n) is 9.42. The van der Waals surface area contributed by atoms with Crippen LogP contribution < -0.4 is 0 Å². The molecule has 0 aliphatic heterocycles. The first kappa shape index (κ1) is 34.1. The number of aromatic nitrogens is 3. The maximum Gasteiger partial charge on any atom is 0.0723 e. The third-order valence-electron chi connectivity index (χ3n) is 12.2. The monoisotopic (exact) mass is 763 g/mol. The highest BCUT2D eigenvalue weighted by molar-refractivity contribution is 6.13. The van der Waals surface area contributed by atoms with E-state index in [2.05, 4.69) is 228 Å². The molecule has 0 saturated carbocycles. The van der Waals surface area contributed by atoms with Gasteiger partial charge in [0.25, 0.3) is 0 Å². The van der Waals surface area contributed by atoms with Gasteiger partial charge in [-0.2, -0.15) is 0 Å². The van der Waals surface area contributed by atoms with Gasteiger partial charge in [0, 0.05) is 44.7 Å². The van der Waals surface area contributed by atoms with E-state index in [0.717, 1.165) is 22.5 Å². The van der Waals surface area contributed by atoms with E-state index >= 15 is 0 Å². The van der Waals surface area contributed by atoms with Crippen molar-refractivity contribution in [1.29, 1.82) is 0 Å². The van der Waals surface area contributed by atoms with Crippen molar-refractivity contribution < 1.29 is 0 Å². The largest absolute Gasteiger partial charge is 0.309 e. The van der Waals surface area contributed by atoms with Crippen molar-refractivity contribution in [3.8, 4) is 56.0 Å². The molecule has 280 valence electrons. The summed E-state index contributed by atoms with van der Waals surface area (Å²) in [5, 5.41) is 7.44. The van der Waals surface area contributed by atoms with Crippen LogP contribution in [0.4, 0.5) is 0 Å². The summed E-state index contributed by atoms with van der Waals surface area (Å²) in [6.07, 6.45) is 1.94. The molecule has 0 aliphatic rings. The molecule has 0 N–H and O–H groups in total. The minimum atomic E-state index is 0.935. The molecule has 3 aromatic heterocycles. The Labute approximate surface area is 347 Å². The SMILES string of the molecule is c1ccc(-c2ccc(-c3cccc(-c4cc(-n5c6ccccc6c6cc(-c7ccc8c(c7)c7ccccc7n8-c7ccccc7)ccc65)ccn4)c3)c3ccccc23)cc1. The molecular weight excluding hydrogens is 727 g/mol. The minimum absolute atomic E-state index is 0.935. The summed E-state index contributed by atoms with van der Waals surface area (Å²) in [4.78, 5) is 4.94. The van der Waals surface area contributed by atoms with E-state index in [1.807, 2.05) is 6.20 Å². The summed E-state index contributed by atoms with van der Waals surface area (Å²) in [6, 6.07) is 79.0. The van der Waals surface area contributed by atoms with Gasteiger partial charge in [0.15, 0.2) is 0 Å². The first-order valence-electron chi connectivity index (χ1n) is 20.5. The molecule has 0 fully saturated rings. The predicted octanol–water partition coefficient (Wildman–Crippen LogP) is 15.1. The Bertz CT molecular complexity index is 3590. The standard InChI is InChI=1S/C57H37N3/c1-3-14-38(15-4-1)45-28-29-46(48-21-8-7-20-47(45)48)41-16-13-17-42(34-41)53-37-44(32-33-58-53)60-55-25-12-10-23-50(55)52-36-40(27-31-57(52)60)39-26-30-56-51(35-39)49-22-9-11-24-54(49)59(56)43-18-5-2-6-19-43/h1-37H. The molecule has 0 amide bonds. The van der Waals surface area contributed by atoms with Crippen LogP contribution >= 0.6 is 0 Å². The second-order valence-corrected chi connectivity index (χ2v) is 15.6. The van der Waals surface area contributed by atoms with Gasteiger partial charge in [-0.05, 0) is 111 Å². The normalized spacial score (nSPS) is 11.7. The number of fused-ring (bicyclic) bond motifs is 7. The third-order valence-corrected chi connectivity index (χ3v) is 12.2. The zero-order chi connectivity index (χ0) is 39.6. The Balaban J connectivity index is 0.948. The molecule has 60 heavy (non-hydrogen) atoms. The van der Waals surface area contributed by atoms with Gasteiger partial charge in [-0.1, -0.05) is 152 Å². The Morgan fingerprint density at radius 3 is 1.38 bits per heavy atom. The second-order valence-electron chi connectivity index (χ2n) is 15.6. The van der Waals surface area contributed by atoms with Gasteiger partial charge in [0.05, 0.1) is 27.8 Å². The molecule has 0 spiro atoms. The van der Waals surface area contributed by atoms with Crippen molar-refractivity contribution in [1.82, 2.24) is 14.1 Å². The second kappa shape index (κ2) is 13.8. The molecule has 12 rings (SSSR count). The van der Waals surface area contributed by atoms with E-state index in [4.69, 9.17) is 4.98 Å². The fourth-order valence-corrected chi connectivity index (χ4v) is 9.42. The quantitative estimate of drug-likeness (QED) is 0.165. The molecule has 0 saturated heterocycles. The van der Waals surface area contributed by atoms with Crippen molar-refractivity contribution >= 4 is 54.4 Å². The lowest BCUT2D eigenvalue weighted by Gasteiger charge is -2.13. The Hall–Kier alpha value is -8.01. The zero-order valence-electron chi connectivity index (χ0n) is 32.7. The molecule has 0 bridgehead atoms. The van der Waals surface area contributed by atoms with Crippen molar-refractivity contribution in [2.75, 3.05) is 0 Å². The van der Waals surface area contributed by atoms with Crippen molar-refractivity contribution in [3.05, 3.63) is 225 Å². The van der Waals surface area contributed by atoms with Crippen molar-refractivity contribution in [2.45, 2.75) is 0 Å². The highest BCUT2D eigenvalue weighted by atomic mass is 15.0. The van der Waals surface area contributed by atoms with Gasteiger partial charge in [-0.3, -0.25) is 4.98 Å². The Kier molecular flexibility index (Phi) is 7.85. The van der Waals surface area contributed by atoms with Crippen LogP contribution in [0.5, 0.6) is 0 Å². The van der Waals surface area contributed by atoms with Crippen LogP contribution in [-0.4, -0.2) is 14.1 Å². The maximum atomic E-state index is 4.94. The van der Waals surface area contributed by atoms with Crippen LogP contribution in [0.3, 0.4) is 0 Å². The summed E-state index contributed by atoms with van der Waals surface area (Å²) in [5.74, 6) is 0. The van der Waals surface area contributed by atoms with Crippen LogP contribution in [0, 0.1) is 0 Å². The van der Waals surface area contributed by atoms with E-state index in [1.165, 1.54) is 87.9 Å². The molecule has 3 heterocycles. The molecule has 3 nitrogen and oxygen atoms in total. The summed E-state index contributed by atoms with van der Waals surface area (Å²) >= 11 is 0. The highest BCUT2D eigenvalue weighted by Crippen LogP contribution is 2.40. The number of hydrogen-bond acceptors (Lipinski definition) is 1. The lowest BCUT2D eigenvalue weighted by atomic mass is 9.91. The third kappa shape index (κ3) is 5.48. The van der Waals surface area contributed by atoms with Crippen LogP contribution in [0.25, 0.3) is 110 Å². The summed E-state index contributed by atoms with van der Waals surface area (Å²) < 4.78 is 4.76. The summed E-state index contributed by atoms with van der Waals surface area (Å²) in [7, 11) is 0. The fraction of sp³-hybridized carbons (Fsp3) is 0. The topological polar surface area (TPSA) is 22.8 Å². The number of benzene rings is 9. The first-order valence-corrected chi connectivity index (χ1v) is 20.5. The predicted molar refractivity (Wildman–Crippen MR) is 252 cm³/mol. The van der Waals surface area contributed by atoms with Crippen LogP contribution in [0.15, 0.2) is 225 Å². The van der Waals surface area contributed by atoms with Gasteiger partial charge in [-0.15, -0.1) is 0 Å². The molecule has 12 aromatic rings. The van der Waals surface area contributed by atoms with Crippen molar-refractivity contribution in [2.24, 2.45) is 0 Å². The van der Waals surface area contributed by atoms with Gasteiger partial charge in [0.2, 0.25) is 0 Å². The first-order chi connectivity index (χ1) is 29.8. The van der Waals surface area contributed by atoms with Crippen LogP contribution in [0.1, 0.15) is 0 Å². The number of para-hydroxylation sites is 3. The number of hydrogen-bond donors (Lipinski definition) is 0. The molecule has 0 atom stereocenters. The summed E-state index contributed by atoms with van der Waals surface area (Å²) in [5.41, 5.74) is 16.3. The molecule has 3 heteroatoms. The molecule has 0 aliphatic carbocycles. The average Bonchev–Trinajstić information content (AvgIpc) is 3.84.